The Labute approximate surface area is 189 Å². The molecule has 0 aliphatic heterocycles. The SMILES string of the molecule is O=NN(c1ccccc1)c1cc(N(N=O)c2ccccc2)cc(N(N=O)c2ccccc2)c1. The van der Waals surface area contributed by atoms with Gasteiger partial charge in [-0.15, -0.1) is 14.7 Å². The summed E-state index contributed by atoms with van der Waals surface area (Å²) in [4.78, 5) is 35.5. The number of anilines is 6. The van der Waals surface area contributed by atoms with E-state index >= 15 is 0 Å². The van der Waals surface area contributed by atoms with E-state index in [1.165, 1.54) is 0 Å². The number of para-hydroxylation sites is 3. The highest BCUT2D eigenvalue weighted by atomic mass is 16.3. The number of rotatable bonds is 9. The molecule has 0 saturated carbocycles. The van der Waals surface area contributed by atoms with E-state index in [1.807, 2.05) is 18.2 Å². The first kappa shape index (κ1) is 21.3. The van der Waals surface area contributed by atoms with E-state index in [2.05, 4.69) is 15.9 Å². The third-order valence-electron chi connectivity index (χ3n) is 4.87. The molecule has 0 aliphatic carbocycles. The van der Waals surface area contributed by atoms with Crippen molar-refractivity contribution in [1.82, 2.24) is 0 Å². The highest BCUT2D eigenvalue weighted by molar-refractivity contribution is 5.78. The van der Waals surface area contributed by atoms with E-state index in [4.69, 9.17) is 0 Å². The standard InChI is InChI=1S/C24H18N6O3/c31-25-28(19-10-4-1-5-11-19)22-16-23(29(26-32)20-12-6-2-7-13-20)18-24(17-22)30(27-33)21-14-8-3-9-15-21/h1-18H. The Morgan fingerprint density at radius 2 is 0.606 bits per heavy atom. The van der Waals surface area contributed by atoms with Gasteiger partial charge in [0.1, 0.15) is 0 Å². The molecule has 4 aromatic carbocycles. The average molecular weight is 438 g/mol. The zero-order valence-electron chi connectivity index (χ0n) is 17.3. The first-order valence-corrected chi connectivity index (χ1v) is 9.95. The van der Waals surface area contributed by atoms with Crippen LogP contribution in [0.5, 0.6) is 0 Å². The van der Waals surface area contributed by atoms with Crippen molar-refractivity contribution in [2.24, 2.45) is 15.9 Å². The van der Waals surface area contributed by atoms with Crippen LogP contribution in [-0.2, 0) is 0 Å². The molecule has 0 bridgehead atoms. The van der Waals surface area contributed by atoms with Crippen molar-refractivity contribution in [1.29, 1.82) is 0 Å². The lowest BCUT2D eigenvalue weighted by molar-refractivity contribution is 1.03. The van der Waals surface area contributed by atoms with Crippen molar-refractivity contribution in [3.05, 3.63) is 124 Å². The van der Waals surface area contributed by atoms with Crippen molar-refractivity contribution in [3.63, 3.8) is 0 Å². The van der Waals surface area contributed by atoms with Crippen molar-refractivity contribution in [2.75, 3.05) is 15.0 Å². The van der Waals surface area contributed by atoms with Crippen LogP contribution < -0.4 is 15.0 Å². The van der Waals surface area contributed by atoms with E-state index in [9.17, 15) is 14.7 Å². The van der Waals surface area contributed by atoms with Crippen LogP contribution in [0.25, 0.3) is 0 Å². The Hall–Kier alpha value is -4.92. The Bertz CT molecular complexity index is 1070. The molecule has 33 heavy (non-hydrogen) atoms. The van der Waals surface area contributed by atoms with Crippen LogP contribution in [0.15, 0.2) is 125 Å². The van der Waals surface area contributed by atoms with Gasteiger partial charge in [-0.25, -0.2) is 0 Å². The van der Waals surface area contributed by atoms with Gasteiger partial charge in [0.25, 0.3) is 0 Å². The van der Waals surface area contributed by atoms with Gasteiger partial charge in [0.05, 0.1) is 50.0 Å². The first-order chi connectivity index (χ1) is 16.2. The molecule has 0 amide bonds. The van der Waals surface area contributed by atoms with Crippen LogP contribution in [0.2, 0.25) is 0 Å². The van der Waals surface area contributed by atoms with E-state index in [0.717, 1.165) is 15.0 Å². The fourth-order valence-corrected chi connectivity index (χ4v) is 3.38. The monoisotopic (exact) mass is 438 g/mol. The van der Waals surface area contributed by atoms with Gasteiger partial charge in [-0.3, -0.25) is 0 Å². The van der Waals surface area contributed by atoms with Crippen LogP contribution in [0.4, 0.5) is 34.1 Å². The third-order valence-corrected chi connectivity index (χ3v) is 4.87. The summed E-state index contributed by atoms with van der Waals surface area (Å²) in [7, 11) is 0. The second-order valence-electron chi connectivity index (χ2n) is 6.89. The smallest absolute Gasteiger partial charge is 0.0728 e. The predicted octanol–water partition coefficient (Wildman–Crippen LogP) is 7.15. The second-order valence-corrected chi connectivity index (χ2v) is 6.89. The summed E-state index contributed by atoms with van der Waals surface area (Å²) < 4.78 is 0. The minimum Gasteiger partial charge on any atom is -0.197 e. The molecule has 0 unspecified atom stereocenters. The fourth-order valence-electron chi connectivity index (χ4n) is 3.38. The van der Waals surface area contributed by atoms with E-state index in [0.29, 0.717) is 34.1 Å². The zero-order chi connectivity index (χ0) is 23.0. The lowest BCUT2D eigenvalue weighted by Gasteiger charge is -2.23. The molecular formula is C24H18N6O3. The normalized spacial score (nSPS) is 10.2. The van der Waals surface area contributed by atoms with Crippen LogP contribution in [-0.4, -0.2) is 0 Å². The predicted molar refractivity (Wildman–Crippen MR) is 130 cm³/mol. The molecule has 162 valence electrons. The summed E-state index contributed by atoms with van der Waals surface area (Å²) in [5.74, 6) is 0. The summed E-state index contributed by atoms with van der Waals surface area (Å²) in [5.41, 5.74) is 2.47. The van der Waals surface area contributed by atoms with Crippen molar-refractivity contribution in [3.8, 4) is 0 Å². The molecule has 9 nitrogen and oxygen atoms in total. The zero-order valence-corrected chi connectivity index (χ0v) is 17.3. The quantitative estimate of drug-likeness (QED) is 0.203. The van der Waals surface area contributed by atoms with Crippen molar-refractivity contribution < 1.29 is 0 Å². The van der Waals surface area contributed by atoms with Crippen LogP contribution in [0.3, 0.4) is 0 Å². The lowest BCUT2D eigenvalue weighted by atomic mass is 10.2. The maximum atomic E-state index is 11.8. The molecule has 0 heterocycles. The largest absolute Gasteiger partial charge is 0.197 e. The number of hydrogen-bond acceptors (Lipinski definition) is 6. The van der Waals surface area contributed by atoms with E-state index in [-0.39, 0.29) is 0 Å². The molecule has 4 aromatic rings. The van der Waals surface area contributed by atoms with Gasteiger partial charge in [-0.05, 0) is 54.6 Å². The average Bonchev–Trinajstić information content (AvgIpc) is 2.87. The molecule has 0 aliphatic rings. The Balaban J connectivity index is 1.90. The fraction of sp³-hybridized carbons (Fsp3) is 0. The van der Waals surface area contributed by atoms with Gasteiger partial charge < -0.3 is 0 Å². The maximum absolute atomic E-state index is 11.8. The topological polar surface area (TPSA) is 98.0 Å². The molecule has 0 aromatic heterocycles. The molecule has 0 saturated heterocycles. The van der Waals surface area contributed by atoms with Gasteiger partial charge in [0.15, 0.2) is 0 Å². The highest BCUT2D eigenvalue weighted by Gasteiger charge is 2.20. The molecule has 0 fully saturated rings. The number of nitroso groups, excluding NO2 is 3. The van der Waals surface area contributed by atoms with Crippen LogP contribution >= 0.6 is 0 Å². The molecule has 9 heteroatoms. The minimum atomic E-state index is 0.317. The molecule has 0 atom stereocenters. The highest BCUT2D eigenvalue weighted by Crippen LogP contribution is 2.38. The molecular weight excluding hydrogens is 420 g/mol. The van der Waals surface area contributed by atoms with Gasteiger partial charge in [0, 0.05) is 0 Å². The summed E-state index contributed by atoms with van der Waals surface area (Å²) in [6, 6.07) is 31.1. The van der Waals surface area contributed by atoms with Crippen molar-refractivity contribution in [2.45, 2.75) is 0 Å². The lowest BCUT2D eigenvalue weighted by Crippen LogP contribution is -2.14. The maximum Gasteiger partial charge on any atom is 0.0728 e. The summed E-state index contributed by atoms with van der Waals surface area (Å²) >= 11 is 0. The number of benzene rings is 4. The van der Waals surface area contributed by atoms with Crippen LogP contribution in [0.1, 0.15) is 0 Å². The Morgan fingerprint density at radius 3 is 0.818 bits per heavy atom. The summed E-state index contributed by atoms with van der Waals surface area (Å²) in [6.45, 7) is 0. The summed E-state index contributed by atoms with van der Waals surface area (Å²) in [5, 5.41) is 13.0. The number of nitrogens with zero attached hydrogens (tertiary/aromatic N) is 6. The number of hydrogen-bond donors (Lipinski definition) is 0. The Kier molecular flexibility index (Phi) is 6.41. The van der Waals surface area contributed by atoms with Gasteiger partial charge in [0.2, 0.25) is 0 Å². The molecule has 0 radical (unpaired) electrons. The van der Waals surface area contributed by atoms with E-state index in [1.54, 1.807) is 91.0 Å². The van der Waals surface area contributed by atoms with Gasteiger partial charge in [-0.1, -0.05) is 54.6 Å². The molecule has 0 N–H and O–H groups in total. The Morgan fingerprint density at radius 1 is 0.364 bits per heavy atom. The van der Waals surface area contributed by atoms with Crippen LogP contribution in [0, 0.1) is 14.7 Å². The van der Waals surface area contributed by atoms with Gasteiger partial charge >= 0.3 is 0 Å². The van der Waals surface area contributed by atoms with Gasteiger partial charge in [-0.2, -0.15) is 15.0 Å². The molecule has 4 rings (SSSR count). The first-order valence-electron chi connectivity index (χ1n) is 9.95. The second kappa shape index (κ2) is 9.92. The summed E-state index contributed by atoms with van der Waals surface area (Å²) in [6.07, 6.45) is 0. The third kappa shape index (κ3) is 4.57. The minimum absolute atomic E-state index is 0.317. The van der Waals surface area contributed by atoms with Crippen molar-refractivity contribution >= 4 is 34.1 Å². The molecule has 0 spiro atoms. The van der Waals surface area contributed by atoms with E-state index < -0.39 is 0 Å².